The number of benzene rings is 1. The van der Waals surface area contributed by atoms with Gasteiger partial charge in [0.1, 0.15) is 5.25 Å². The Labute approximate surface area is 118 Å². The molecule has 1 aliphatic rings. The third-order valence-corrected chi connectivity index (χ3v) is 5.48. The number of nitrogens with zero attached hydrogens (tertiary/aromatic N) is 1. The summed E-state index contributed by atoms with van der Waals surface area (Å²) in [6.45, 7) is 3.11. The maximum absolute atomic E-state index is 12.5. The number of hydrogen-bond donors (Lipinski definition) is 1. The number of carbonyl (C=O) groups is 1. The Hall–Kier alpha value is -1.60. The van der Waals surface area contributed by atoms with Crippen LogP contribution in [0, 0.1) is 0 Å². The molecule has 110 valence electrons. The van der Waals surface area contributed by atoms with Gasteiger partial charge in [0.2, 0.25) is 5.91 Å². The molecule has 0 aliphatic carbocycles. The van der Waals surface area contributed by atoms with Gasteiger partial charge in [-0.25, -0.2) is 8.42 Å². The van der Waals surface area contributed by atoms with E-state index >= 15 is 0 Å². The molecule has 0 bridgehead atoms. The van der Waals surface area contributed by atoms with Gasteiger partial charge in [-0.2, -0.15) is 0 Å². The van der Waals surface area contributed by atoms with Crippen LogP contribution in [0.2, 0.25) is 0 Å². The van der Waals surface area contributed by atoms with Crippen LogP contribution >= 0.6 is 0 Å². The summed E-state index contributed by atoms with van der Waals surface area (Å²) in [6.07, 6.45) is 0. The highest BCUT2D eigenvalue weighted by atomic mass is 32.2. The van der Waals surface area contributed by atoms with Gasteiger partial charge in [0.15, 0.2) is 9.84 Å². The predicted molar refractivity (Wildman–Crippen MR) is 74.9 cm³/mol. The van der Waals surface area contributed by atoms with Gasteiger partial charge >= 0.3 is 0 Å². The maximum Gasteiger partial charge on any atom is 0.241 e. The van der Waals surface area contributed by atoms with Crippen molar-refractivity contribution in [2.24, 2.45) is 0 Å². The Morgan fingerprint density at radius 1 is 1.30 bits per heavy atom. The van der Waals surface area contributed by atoms with Crippen molar-refractivity contribution in [2.75, 3.05) is 32.0 Å². The average Bonchev–Trinajstić information content (AvgIpc) is 2.47. The van der Waals surface area contributed by atoms with E-state index in [9.17, 15) is 13.2 Å². The van der Waals surface area contributed by atoms with Gasteiger partial charge in [0, 0.05) is 13.1 Å². The highest BCUT2D eigenvalue weighted by Crippen LogP contribution is 2.23. The first-order valence-corrected chi connectivity index (χ1v) is 7.94. The van der Waals surface area contributed by atoms with Crippen molar-refractivity contribution in [1.82, 2.24) is 4.90 Å². The van der Waals surface area contributed by atoms with Crippen LogP contribution in [0.5, 0.6) is 0 Å². The van der Waals surface area contributed by atoms with E-state index in [1.54, 1.807) is 12.1 Å². The fourth-order valence-electron chi connectivity index (χ4n) is 2.10. The zero-order valence-corrected chi connectivity index (χ0v) is 12.1. The van der Waals surface area contributed by atoms with E-state index in [2.05, 4.69) is 0 Å². The van der Waals surface area contributed by atoms with Crippen LogP contribution in [0.15, 0.2) is 29.2 Å². The summed E-state index contributed by atoms with van der Waals surface area (Å²) in [5.41, 5.74) is 5.86. The van der Waals surface area contributed by atoms with Crippen molar-refractivity contribution >= 4 is 21.4 Å². The van der Waals surface area contributed by atoms with Gasteiger partial charge in [-0.1, -0.05) is 12.1 Å². The lowest BCUT2D eigenvalue weighted by Gasteiger charge is -2.29. The van der Waals surface area contributed by atoms with Crippen LogP contribution in [0.3, 0.4) is 0 Å². The second kappa shape index (κ2) is 5.80. The topological polar surface area (TPSA) is 89.7 Å². The van der Waals surface area contributed by atoms with E-state index in [1.165, 1.54) is 24.0 Å². The summed E-state index contributed by atoms with van der Waals surface area (Å²) < 4.78 is 30.1. The molecule has 1 heterocycles. The zero-order valence-electron chi connectivity index (χ0n) is 11.3. The molecule has 1 saturated heterocycles. The molecule has 6 nitrogen and oxygen atoms in total. The molecule has 1 fully saturated rings. The molecule has 2 rings (SSSR count). The normalized spacial score (nSPS) is 17.8. The van der Waals surface area contributed by atoms with Crippen molar-refractivity contribution in [1.29, 1.82) is 0 Å². The number of morpholine rings is 1. The van der Waals surface area contributed by atoms with Crippen molar-refractivity contribution in [2.45, 2.75) is 17.1 Å². The lowest BCUT2D eigenvalue weighted by atomic mass is 10.3. The Kier molecular flexibility index (Phi) is 4.29. The number of ether oxygens (including phenoxy) is 1. The fourth-order valence-corrected chi connectivity index (χ4v) is 3.56. The summed E-state index contributed by atoms with van der Waals surface area (Å²) in [6, 6.07) is 6.19. The molecule has 2 N–H and O–H groups in total. The van der Waals surface area contributed by atoms with E-state index in [1.807, 2.05) is 0 Å². The van der Waals surface area contributed by atoms with E-state index in [-0.39, 0.29) is 10.6 Å². The molecular formula is C13H18N2O4S. The smallest absolute Gasteiger partial charge is 0.241 e. The van der Waals surface area contributed by atoms with E-state index in [4.69, 9.17) is 10.5 Å². The van der Waals surface area contributed by atoms with Crippen molar-refractivity contribution < 1.29 is 17.9 Å². The summed E-state index contributed by atoms with van der Waals surface area (Å²) >= 11 is 0. The number of carbonyl (C=O) groups excluding carboxylic acids is 1. The van der Waals surface area contributed by atoms with Crippen molar-refractivity contribution in [3.05, 3.63) is 24.3 Å². The van der Waals surface area contributed by atoms with Crippen LogP contribution in [-0.2, 0) is 19.4 Å². The summed E-state index contributed by atoms with van der Waals surface area (Å²) in [5, 5.41) is -1.15. The molecule has 0 spiro atoms. The molecule has 1 aromatic carbocycles. The molecule has 7 heteroatoms. The molecule has 1 aromatic rings. The summed E-state index contributed by atoms with van der Waals surface area (Å²) in [5.74, 6) is -0.406. The third-order valence-electron chi connectivity index (χ3n) is 3.36. The van der Waals surface area contributed by atoms with Crippen LogP contribution in [-0.4, -0.2) is 50.8 Å². The molecule has 1 atom stereocenters. The highest BCUT2D eigenvalue weighted by Gasteiger charge is 2.34. The molecule has 1 amide bonds. The molecule has 1 aliphatic heterocycles. The van der Waals surface area contributed by atoms with Crippen LogP contribution < -0.4 is 5.73 Å². The summed E-state index contributed by atoms with van der Waals surface area (Å²) in [4.78, 5) is 13.8. The van der Waals surface area contributed by atoms with Gasteiger partial charge in [-0.05, 0) is 19.1 Å². The predicted octanol–water partition coefficient (Wildman–Crippen LogP) is 0.290. The van der Waals surface area contributed by atoms with E-state index < -0.39 is 21.0 Å². The average molecular weight is 298 g/mol. The standard InChI is InChI=1S/C13H18N2O4S/c1-10(13(16)15-6-8-19-9-7-15)20(17,18)12-5-3-2-4-11(12)14/h2-5,10H,6-9,14H2,1H3. The third kappa shape index (κ3) is 2.78. The van der Waals surface area contributed by atoms with Crippen molar-refractivity contribution in [3.8, 4) is 0 Å². The van der Waals surface area contributed by atoms with E-state index in [0.717, 1.165) is 0 Å². The second-order valence-corrected chi connectivity index (χ2v) is 6.90. The minimum absolute atomic E-state index is 0.00843. The zero-order chi connectivity index (χ0) is 14.8. The number of rotatable bonds is 3. The van der Waals surface area contributed by atoms with Crippen molar-refractivity contribution in [3.63, 3.8) is 0 Å². The molecule has 0 radical (unpaired) electrons. The number of hydrogen-bond acceptors (Lipinski definition) is 5. The summed E-state index contributed by atoms with van der Waals surface area (Å²) in [7, 11) is -3.78. The Morgan fingerprint density at radius 2 is 1.90 bits per heavy atom. The first-order chi connectivity index (χ1) is 9.44. The van der Waals surface area contributed by atoms with Crippen LogP contribution in [0.1, 0.15) is 6.92 Å². The van der Waals surface area contributed by atoms with E-state index in [0.29, 0.717) is 26.3 Å². The van der Waals surface area contributed by atoms with Crippen LogP contribution in [0.25, 0.3) is 0 Å². The SMILES string of the molecule is CC(C(=O)N1CCOCC1)S(=O)(=O)c1ccccc1N. The van der Waals surface area contributed by atoms with Gasteiger partial charge in [-0.15, -0.1) is 0 Å². The van der Waals surface area contributed by atoms with Gasteiger partial charge < -0.3 is 15.4 Å². The number of sulfone groups is 1. The number of amides is 1. The van der Waals surface area contributed by atoms with Gasteiger partial charge in [0.25, 0.3) is 0 Å². The first-order valence-electron chi connectivity index (χ1n) is 6.39. The quantitative estimate of drug-likeness (QED) is 0.810. The fraction of sp³-hybridized carbons (Fsp3) is 0.462. The van der Waals surface area contributed by atoms with Gasteiger partial charge in [-0.3, -0.25) is 4.79 Å². The Morgan fingerprint density at radius 3 is 2.50 bits per heavy atom. The highest BCUT2D eigenvalue weighted by molar-refractivity contribution is 7.93. The molecular weight excluding hydrogens is 280 g/mol. The Balaban J connectivity index is 2.25. The number of para-hydroxylation sites is 1. The second-order valence-electron chi connectivity index (χ2n) is 4.66. The number of nitrogen functional groups attached to an aromatic ring is 1. The minimum atomic E-state index is -3.78. The first kappa shape index (κ1) is 14.8. The van der Waals surface area contributed by atoms with Gasteiger partial charge in [0.05, 0.1) is 23.8 Å². The molecule has 0 saturated carbocycles. The maximum atomic E-state index is 12.5. The lowest BCUT2D eigenvalue weighted by Crippen LogP contribution is -2.47. The molecule has 0 aromatic heterocycles. The van der Waals surface area contributed by atoms with Crippen LogP contribution in [0.4, 0.5) is 5.69 Å². The Bertz CT molecular complexity index is 594. The monoisotopic (exact) mass is 298 g/mol. The largest absolute Gasteiger partial charge is 0.398 e. The number of nitrogens with two attached hydrogens (primary N) is 1. The molecule has 1 unspecified atom stereocenters. The molecule has 20 heavy (non-hydrogen) atoms. The lowest BCUT2D eigenvalue weighted by molar-refractivity contribution is -0.134. The number of anilines is 1. The minimum Gasteiger partial charge on any atom is -0.398 e.